The number of para-hydroxylation sites is 2. The molecule has 130 valence electrons. The average Bonchev–Trinajstić information content (AvgIpc) is 3.06. The first-order valence-corrected chi connectivity index (χ1v) is 7.91. The molecular formula is C17H27ClN2O3. The van der Waals surface area contributed by atoms with Crippen LogP contribution in [0.1, 0.15) is 19.3 Å². The van der Waals surface area contributed by atoms with E-state index in [1.807, 2.05) is 31.3 Å². The van der Waals surface area contributed by atoms with E-state index >= 15 is 0 Å². The molecule has 1 aliphatic heterocycles. The van der Waals surface area contributed by atoms with Gasteiger partial charge in [0.15, 0.2) is 11.5 Å². The number of hydrogen-bond donors (Lipinski definition) is 1. The first-order valence-electron chi connectivity index (χ1n) is 7.91. The predicted molar refractivity (Wildman–Crippen MR) is 93.6 cm³/mol. The van der Waals surface area contributed by atoms with E-state index < -0.39 is 0 Å². The third kappa shape index (κ3) is 6.28. The van der Waals surface area contributed by atoms with Crippen molar-refractivity contribution in [3.8, 4) is 11.5 Å². The average molecular weight is 343 g/mol. The lowest BCUT2D eigenvalue weighted by Gasteiger charge is -2.19. The van der Waals surface area contributed by atoms with Gasteiger partial charge in [0.05, 0.1) is 13.7 Å². The number of hydrogen-bond acceptors (Lipinski definition) is 4. The lowest BCUT2D eigenvalue weighted by Crippen LogP contribution is -2.31. The van der Waals surface area contributed by atoms with E-state index in [4.69, 9.17) is 9.47 Å². The molecular weight excluding hydrogens is 316 g/mol. The van der Waals surface area contributed by atoms with Gasteiger partial charge >= 0.3 is 0 Å². The van der Waals surface area contributed by atoms with Gasteiger partial charge in [0, 0.05) is 13.5 Å². The number of amides is 1. The Bertz CT molecular complexity index is 479. The summed E-state index contributed by atoms with van der Waals surface area (Å²) >= 11 is 0. The van der Waals surface area contributed by atoms with E-state index in [2.05, 4.69) is 5.32 Å². The summed E-state index contributed by atoms with van der Waals surface area (Å²) in [6.45, 7) is 3.18. The molecule has 0 aliphatic carbocycles. The molecule has 6 heteroatoms. The van der Waals surface area contributed by atoms with Crippen molar-refractivity contribution in [2.24, 2.45) is 5.92 Å². The molecule has 1 aromatic carbocycles. The smallest absolute Gasteiger partial charge is 0.222 e. The summed E-state index contributed by atoms with van der Waals surface area (Å²) in [5.74, 6) is 2.27. The number of nitrogens with one attached hydrogen (secondary N) is 1. The molecule has 1 atom stereocenters. The highest BCUT2D eigenvalue weighted by atomic mass is 35.5. The van der Waals surface area contributed by atoms with Gasteiger partial charge in [-0.25, -0.2) is 0 Å². The molecule has 0 radical (unpaired) electrons. The maximum Gasteiger partial charge on any atom is 0.222 e. The summed E-state index contributed by atoms with van der Waals surface area (Å²) in [5.41, 5.74) is 0. The topological polar surface area (TPSA) is 50.8 Å². The van der Waals surface area contributed by atoms with E-state index in [1.54, 1.807) is 12.0 Å². The Labute approximate surface area is 144 Å². The van der Waals surface area contributed by atoms with Crippen molar-refractivity contribution >= 4 is 18.3 Å². The number of benzene rings is 1. The number of likely N-dealkylation sites (N-methyl/N-ethyl adjacent to an activating group) is 1. The molecule has 1 amide bonds. The molecule has 5 nitrogen and oxygen atoms in total. The zero-order valence-corrected chi connectivity index (χ0v) is 14.7. The largest absolute Gasteiger partial charge is 0.493 e. The molecule has 1 fully saturated rings. The second-order valence-corrected chi connectivity index (χ2v) is 5.71. The number of halogens is 1. The van der Waals surface area contributed by atoms with Gasteiger partial charge in [-0.15, -0.1) is 12.4 Å². The Morgan fingerprint density at radius 1 is 1.35 bits per heavy atom. The Morgan fingerprint density at radius 2 is 2.09 bits per heavy atom. The van der Waals surface area contributed by atoms with Crippen molar-refractivity contribution in [1.29, 1.82) is 0 Å². The third-order valence-electron chi connectivity index (χ3n) is 4.11. The molecule has 1 aliphatic rings. The maximum atomic E-state index is 12.1. The maximum absolute atomic E-state index is 12.1. The first kappa shape index (κ1) is 19.6. The summed E-state index contributed by atoms with van der Waals surface area (Å²) in [6.07, 6.45) is 2.79. The summed E-state index contributed by atoms with van der Waals surface area (Å²) in [7, 11) is 3.45. The standard InChI is InChI=1S/C17H26N2O3.ClH/c1-19(17(20)8-7-14-9-10-18-13-14)11-12-22-16-6-4-3-5-15(16)21-2;/h3-6,14,18H,7-13H2,1-2H3;1H. The molecule has 1 aromatic rings. The summed E-state index contributed by atoms with van der Waals surface area (Å²) in [4.78, 5) is 13.8. The Kier molecular flexibility index (Phi) is 8.81. The van der Waals surface area contributed by atoms with Crippen LogP contribution in [0.2, 0.25) is 0 Å². The van der Waals surface area contributed by atoms with Gasteiger partial charge in [-0.1, -0.05) is 12.1 Å². The second-order valence-electron chi connectivity index (χ2n) is 5.71. The highest BCUT2D eigenvalue weighted by Crippen LogP contribution is 2.25. The summed E-state index contributed by atoms with van der Waals surface area (Å²) < 4.78 is 10.9. The molecule has 1 heterocycles. The SMILES string of the molecule is COc1ccccc1OCCN(C)C(=O)CCC1CCNC1.Cl. The van der Waals surface area contributed by atoms with Gasteiger partial charge in [0.2, 0.25) is 5.91 Å². The minimum Gasteiger partial charge on any atom is -0.493 e. The minimum absolute atomic E-state index is 0. The number of ether oxygens (including phenoxy) is 2. The van der Waals surface area contributed by atoms with Gasteiger partial charge in [0.25, 0.3) is 0 Å². The van der Waals surface area contributed by atoms with Crippen LogP contribution >= 0.6 is 12.4 Å². The fourth-order valence-electron chi connectivity index (χ4n) is 2.63. The molecule has 1 saturated heterocycles. The molecule has 2 rings (SSSR count). The van der Waals surface area contributed by atoms with Gasteiger partial charge < -0.3 is 19.7 Å². The fraction of sp³-hybridized carbons (Fsp3) is 0.588. The van der Waals surface area contributed by atoms with Gasteiger partial charge in [-0.3, -0.25) is 4.79 Å². The monoisotopic (exact) mass is 342 g/mol. The molecule has 0 aromatic heterocycles. The van der Waals surface area contributed by atoms with Gasteiger partial charge in [-0.2, -0.15) is 0 Å². The number of methoxy groups -OCH3 is 1. The second kappa shape index (κ2) is 10.3. The van der Waals surface area contributed by atoms with Gasteiger partial charge in [-0.05, 0) is 44.0 Å². The number of carbonyl (C=O) groups excluding carboxylic acids is 1. The predicted octanol–water partition coefficient (Wildman–Crippen LogP) is 2.34. The Hall–Kier alpha value is -1.46. The quantitative estimate of drug-likeness (QED) is 0.788. The van der Waals surface area contributed by atoms with E-state index in [-0.39, 0.29) is 18.3 Å². The van der Waals surface area contributed by atoms with Gasteiger partial charge in [0.1, 0.15) is 6.61 Å². The van der Waals surface area contributed by atoms with Crippen molar-refractivity contribution in [2.45, 2.75) is 19.3 Å². The van der Waals surface area contributed by atoms with Crippen LogP contribution in [-0.4, -0.2) is 51.2 Å². The number of carbonyl (C=O) groups is 1. The zero-order chi connectivity index (χ0) is 15.8. The van der Waals surface area contributed by atoms with Crippen molar-refractivity contribution in [1.82, 2.24) is 10.2 Å². The van der Waals surface area contributed by atoms with Crippen molar-refractivity contribution < 1.29 is 14.3 Å². The van der Waals surface area contributed by atoms with Crippen molar-refractivity contribution in [3.63, 3.8) is 0 Å². The first-order chi connectivity index (χ1) is 10.7. The van der Waals surface area contributed by atoms with Crippen LogP contribution in [0, 0.1) is 5.92 Å². The highest BCUT2D eigenvalue weighted by Gasteiger charge is 2.17. The van der Waals surface area contributed by atoms with Crippen LogP contribution < -0.4 is 14.8 Å². The van der Waals surface area contributed by atoms with Crippen LogP contribution in [-0.2, 0) is 4.79 Å². The van der Waals surface area contributed by atoms with Crippen LogP contribution in [0.5, 0.6) is 11.5 Å². The fourth-order valence-corrected chi connectivity index (χ4v) is 2.63. The normalized spacial score (nSPS) is 16.5. The minimum atomic E-state index is 0. The highest BCUT2D eigenvalue weighted by molar-refractivity contribution is 5.85. The Morgan fingerprint density at radius 3 is 2.74 bits per heavy atom. The molecule has 23 heavy (non-hydrogen) atoms. The van der Waals surface area contributed by atoms with Crippen molar-refractivity contribution in [3.05, 3.63) is 24.3 Å². The zero-order valence-electron chi connectivity index (χ0n) is 13.9. The summed E-state index contributed by atoms with van der Waals surface area (Å²) in [6, 6.07) is 7.54. The van der Waals surface area contributed by atoms with Crippen LogP contribution in [0.25, 0.3) is 0 Å². The molecule has 0 saturated carbocycles. The van der Waals surface area contributed by atoms with Crippen LogP contribution in [0.4, 0.5) is 0 Å². The lowest BCUT2D eigenvalue weighted by molar-refractivity contribution is -0.130. The molecule has 0 bridgehead atoms. The van der Waals surface area contributed by atoms with Crippen molar-refractivity contribution in [2.75, 3.05) is 40.4 Å². The number of rotatable bonds is 8. The van der Waals surface area contributed by atoms with Crippen LogP contribution in [0.3, 0.4) is 0 Å². The molecule has 1 N–H and O–H groups in total. The lowest BCUT2D eigenvalue weighted by atomic mass is 10.0. The Balaban J connectivity index is 0.00000264. The van der Waals surface area contributed by atoms with E-state index in [9.17, 15) is 4.79 Å². The van der Waals surface area contributed by atoms with E-state index in [1.165, 1.54) is 6.42 Å². The number of nitrogens with zero attached hydrogens (tertiary/aromatic N) is 1. The molecule has 0 spiro atoms. The van der Waals surface area contributed by atoms with Crippen LogP contribution in [0.15, 0.2) is 24.3 Å². The third-order valence-corrected chi connectivity index (χ3v) is 4.11. The molecule has 1 unspecified atom stereocenters. The summed E-state index contributed by atoms with van der Waals surface area (Å²) in [5, 5.41) is 3.33. The van der Waals surface area contributed by atoms with E-state index in [0.717, 1.165) is 19.5 Å². The van der Waals surface area contributed by atoms with E-state index in [0.29, 0.717) is 37.0 Å².